The summed E-state index contributed by atoms with van der Waals surface area (Å²) in [6.07, 6.45) is 1.43. The Morgan fingerprint density at radius 1 is 1.35 bits per heavy atom. The Hall–Kier alpha value is -1.82. The van der Waals surface area contributed by atoms with Gasteiger partial charge < -0.3 is 5.32 Å². The van der Waals surface area contributed by atoms with E-state index < -0.39 is 29.0 Å². The highest BCUT2D eigenvalue weighted by atomic mass is 19.1. The van der Waals surface area contributed by atoms with Crippen molar-refractivity contribution in [2.75, 3.05) is 20.1 Å². The lowest BCUT2D eigenvalue weighted by molar-refractivity contribution is -0.124. The van der Waals surface area contributed by atoms with Crippen LogP contribution in [0.25, 0.3) is 0 Å². The summed E-state index contributed by atoms with van der Waals surface area (Å²) < 4.78 is 27.1. The quantitative estimate of drug-likeness (QED) is 0.848. The second kappa shape index (κ2) is 6.09. The molecule has 1 N–H and O–H groups in total. The Morgan fingerprint density at radius 3 is 2.60 bits per heavy atom. The first kappa shape index (κ1) is 14.6. The predicted molar refractivity (Wildman–Crippen MR) is 69.4 cm³/mol. The molecule has 4 nitrogen and oxygen atoms in total. The fourth-order valence-electron chi connectivity index (χ4n) is 2.51. The van der Waals surface area contributed by atoms with Crippen molar-refractivity contribution in [3.05, 3.63) is 35.4 Å². The molecule has 20 heavy (non-hydrogen) atoms. The number of rotatable bonds is 4. The van der Waals surface area contributed by atoms with Gasteiger partial charge in [-0.15, -0.1) is 0 Å². The number of carbonyl (C=O) groups is 2. The maximum absolute atomic E-state index is 13.5. The van der Waals surface area contributed by atoms with Crippen molar-refractivity contribution in [1.29, 1.82) is 0 Å². The van der Waals surface area contributed by atoms with E-state index >= 15 is 0 Å². The lowest BCUT2D eigenvalue weighted by Gasteiger charge is -2.22. The topological polar surface area (TPSA) is 49.4 Å². The molecule has 0 saturated carbocycles. The third-order valence-electron chi connectivity index (χ3n) is 3.50. The molecule has 6 heteroatoms. The molecule has 108 valence electrons. The van der Waals surface area contributed by atoms with Crippen LogP contribution >= 0.6 is 0 Å². The maximum Gasteiger partial charge on any atom is 0.237 e. The van der Waals surface area contributed by atoms with Crippen molar-refractivity contribution in [2.45, 2.75) is 18.9 Å². The molecular formula is C14H16F2N2O2. The molecule has 1 aromatic rings. The lowest BCUT2D eigenvalue weighted by Crippen LogP contribution is -2.44. The van der Waals surface area contributed by atoms with Gasteiger partial charge in [0, 0.05) is 7.05 Å². The summed E-state index contributed by atoms with van der Waals surface area (Å²) in [4.78, 5) is 25.4. The van der Waals surface area contributed by atoms with Gasteiger partial charge in [0.25, 0.3) is 0 Å². The number of hydrogen-bond donors (Lipinski definition) is 1. The van der Waals surface area contributed by atoms with Crippen LogP contribution in [-0.4, -0.2) is 42.8 Å². The van der Waals surface area contributed by atoms with Crippen LogP contribution in [0.5, 0.6) is 0 Å². The second-order valence-corrected chi connectivity index (χ2v) is 4.76. The third kappa shape index (κ3) is 2.85. The zero-order valence-electron chi connectivity index (χ0n) is 11.2. The summed E-state index contributed by atoms with van der Waals surface area (Å²) in [5.41, 5.74) is -0.532. The molecule has 1 saturated heterocycles. The lowest BCUT2D eigenvalue weighted by atomic mass is 10.1. The van der Waals surface area contributed by atoms with Crippen LogP contribution in [0.3, 0.4) is 0 Å². The van der Waals surface area contributed by atoms with Crippen LogP contribution in [0.2, 0.25) is 0 Å². The normalized spacial score (nSPS) is 19.1. The summed E-state index contributed by atoms with van der Waals surface area (Å²) in [6.45, 7) is 0.413. The Kier molecular flexibility index (Phi) is 4.44. The Morgan fingerprint density at radius 2 is 2.00 bits per heavy atom. The zero-order valence-corrected chi connectivity index (χ0v) is 11.2. The molecule has 0 spiro atoms. The number of ketones is 1. The molecule has 1 fully saturated rings. The molecule has 1 unspecified atom stereocenters. The van der Waals surface area contributed by atoms with Crippen molar-refractivity contribution in [2.24, 2.45) is 0 Å². The number of nitrogens with one attached hydrogen (secondary N) is 1. The second-order valence-electron chi connectivity index (χ2n) is 4.76. The molecule has 0 radical (unpaired) electrons. The average molecular weight is 282 g/mol. The van der Waals surface area contributed by atoms with Gasteiger partial charge in [-0.2, -0.15) is 0 Å². The molecule has 1 amide bonds. The van der Waals surface area contributed by atoms with Gasteiger partial charge in [-0.05, 0) is 31.5 Å². The number of amides is 1. The standard InChI is InChI=1S/C14H16F2N2O2/c1-17-14(20)11-6-3-7-18(11)8-12(19)13-9(15)4-2-5-10(13)16/h2,4-5,11H,3,6-8H2,1H3,(H,17,20). The van der Waals surface area contributed by atoms with Crippen molar-refractivity contribution in [3.63, 3.8) is 0 Å². The summed E-state index contributed by atoms with van der Waals surface area (Å²) in [6, 6.07) is 2.91. The first-order valence-electron chi connectivity index (χ1n) is 6.47. The first-order valence-corrected chi connectivity index (χ1v) is 6.47. The summed E-state index contributed by atoms with van der Waals surface area (Å²) in [5, 5.41) is 2.53. The van der Waals surface area contributed by atoms with Crippen molar-refractivity contribution in [1.82, 2.24) is 10.2 Å². The fraction of sp³-hybridized carbons (Fsp3) is 0.429. The van der Waals surface area contributed by atoms with Crippen LogP contribution in [0.15, 0.2) is 18.2 Å². The number of nitrogens with zero attached hydrogens (tertiary/aromatic N) is 1. The molecule has 0 aliphatic carbocycles. The Labute approximate surface area is 115 Å². The number of Topliss-reactive ketones (excluding diaryl/α,β-unsaturated/α-hetero) is 1. The summed E-state index contributed by atoms with van der Waals surface area (Å²) >= 11 is 0. The Bertz CT molecular complexity index is 514. The van der Waals surface area contributed by atoms with E-state index in [1.54, 1.807) is 4.90 Å². The molecule has 1 atom stereocenters. The molecule has 1 heterocycles. The summed E-state index contributed by atoms with van der Waals surface area (Å²) in [5.74, 6) is -2.56. The molecule has 0 aromatic heterocycles. The third-order valence-corrected chi connectivity index (χ3v) is 3.50. The van der Waals surface area contributed by atoms with Gasteiger partial charge in [-0.3, -0.25) is 14.5 Å². The highest BCUT2D eigenvalue weighted by molar-refractivity contribution is 5.98. The van der Waals surface area contributed by atoms with Gasteiger partial charge >= 0.3 is 0 Å². The van der Waals surface area contributed by atoms with Crippen LogP contribution in [0.1, 0.15) is 23.2 Å². The van der Waals surface area contributed by atoms with Gasteiger partial charge in [0.15, 0.2) is 5.78 Å². The van der Waals surface area contributed by atoms with Crippen LogP contribution in [0.4, 0.5) is 8.78 Å². The highest BCUT2D eigenvalue weighted by Gasteiger charge is 2.32. The molecule has 2 rings (SSSR count). The van der Waals surface area contributed by atoms with Gasteiger partial charge in [0.2, 0.25) is 5.91 Å². The Balaban J connectivity index is 2.13. The number of likely N-dealkylation sites (N-methyl/N-ethyl adjacent to an activating group) is 1. The molecule has 1 aliphatic rings. The SMILES string of the molecule is CNC(=O)C1CCCN1CC(=O)c1c(F)cccc1F. The van der Waals surface area contributed by atoms with Gasteiger partial charge in [-0.1, -0.05) is 6.07 Å². The smallest absolute Gasteiger partial charge is 0.237 e. The minimum absolute atomic E-state index is 0.157. The van der Waals surface area contributed by atoms with E-state index in [0.717, 1.165) is 18.6 Å². The molecular weight excluding hydrogens is 266 g/mol. The van der Waals surface area contributed by atoms with E-state index in [1.807, 2.05) is 0 Å². The molecule has 1 aliphatic heterocycles. The maximum atomic E-state index is 13.5. The van der Waals surface area contributed by atoms with E-state index in [9.17, 15) is 18.4 Å². The number of benzene rings is 1. The fourth-order valence-corrected chi connectivity index (χ4v) is 2.51. The summed E-state index contributed by atoms with van der Waals surface area (Å²) in [7, 11) is 1.52. The molecule has 0 bridgehead atoms. The van der Waals surface area contributed by atoms with Gasteiger partial charge in [0.05, 0.1) is 18.2 Å². The molecule has 1 aromatic carbocycles. The van der Waals surface area contributed by atoms with Gasteiger partial charge in [0.1, 0.15) is 11.6 Å². The van der Waals surface area contributed by atoms with Gasteiger partial charge in [-0.25, -0.2) is 8.78 Å². The number of likely N-dealkylation sites (tertiary alicyclic amines) is 1. The van der Waals surface area contributed by atoms with Crippen LogP contribution in [-0.2, 0) is 4.79 Å². The van der Waals surface area contributed by atoms with E-state index in [0.29, 0.717) is 13.0 Å². The number of hydrogen-bond acceptors (Lipinski definition) is 3. The minimum Gasteiger partial charge on any atom is -0.358 e. The number of halogens is 2. The van der Waals surface area contributed by atoms with E-state index in [1.165, 1.54) is 13.1 Å². The highest BCUT2D eigenvalue weighted by Crippen LogP contribution is 2.19. The predicted octanol–water partition coefficient (Wildman–Crippen LogP) is 1.36. The monoisotopic (exact) mass is 282 g/mol. The largest absolute Gasteiger partial charge is 0.358 e. The zero-order chi connectivity index (χ0) is 14.7. The number of carbonyl (C=O) groups excluding carboxylic acids is 2. The van der Waals surface area contributed by atoms with Crippen molar-refractivity contribution < 1.29 is 18.4 Å². The van der Waals surface area contributed by atoms with Crippen LogP contribution in [0, 0.1) is 11.6 Å². The van der Waals surface area contributed by atoms with E-state index in [-0.39, 0.29) is 12.5 Å². The van der Waals surface area contributed by atoms with Crippen molar-refractivity contribution in [3.8, 4) is 0 Å². The van der Waals surface area contributed by atoms with E-state index in [2.05, 4.69) is 5.32 Å². The van der Waals surface area contributed by atoms with Crippen LogP contribution < -0.4 is 5.32 Å². The average Bonchev–Trinajstić information content (AvgIpc) is 2.85. The van der Waals surface area contributed by atoms with E-state index in [4.69, 9.17) is 0 Å². The first-order chi connectivity index (χ1) is 9.54. The van der Waals surface area contributed by atoms with Crippen molar-refractivity contribution >= 4 is 11.7 Å². The minimum atomic E-state index is -0.870.